The molecule has 2 N–H and O–H groups in total. The Morgan fingerprint density at radius 3 is 2.64 bits per heavy atom. The lowest BCUT2D eigenvalue weighted by atomic mass is 10.1. The first kappa shape index (κ1) is 10.7. The van der Waals surface area contributed by atoms with E-state index in [0.29, 0.717) is 11.3 Å². The van der Waals surface area contributed by atoms with E-state index in [-0.39, 0.29) is 18.1 Å². The Hall–Kier alpha value is -1.42. The monoisotopic (exact) mass is 196 g/mol. The highest BCUT2D eigenvalue weighted by molar-refractivity contribution is 5.98. The summed E-state index contributed by atoms with van der Waals surface area (Å²) in [7, 11) is 3.43. The van der Waals surface area contributed by atoms with E-state index in [0.717, 1.165) is 0 Å². The maximum absolute atomic E-state index is 13.2. The van der Waals surface area contributed by atoms with Crippen LogP contribution in [0.25, 0.3) is 0 Å². The number of Topliss-reactive ketones (excluding diaryl/α,β-unsaturated/α-hetero) is 1. The number of carbonyl (C=O) groups is 1. The Kier molecular flexibility index (Phi) is 3.19. The zero-order chi connectivity index (χ0) is 10.7. The minimum Gasteiger partial charge on any atom is -0.375 e. The number of carbonyl (C=O) groups excluding carboxylic acids is 1. The number of nitrogens with two attached hydrogens (primary N) is 1. The molecule has 0 radical (unpaired) electrons. The van der Waals surface area contributed by atoms with Crippen LogP contribution in [0, 0.1) is 5.82 Å². The van der Waals surface area contributed by atoms with Crippen LogP contribution in [0.3, 0.4) is 0 Å². The first-order chi connectivity index (χ1) is 6.56. The van der Waals surface area contributed by atoms with Gasteiger partial charge in [-0.05, 0) is 18.2 Å². The molecule has 0 aliphatic rings. The summed E-state index contributed by atoms with van der Waals surface area (Å²) in [6.07, 6.45) is 0. The lowest BCUT2D eigenvalue weighted by molar-refractivity contribution is 0.100. The molecule has 76 valence electrons. The first-order valence-corrected chi connectivity index (χ1v) is 4.26. The molecular formula is C10H13FN2O. The van der Waals surface area contributed by atoms with Gasteiger partial charge in [-0.2, -0.15) is 0 Å². The van der Waals surface area contributed by atoms with Crippen LogP contribution in [0.2, 0.25) is 0 Å². The fourth-order valence-corrected chi connectivity index (χ4v) is 1.15. The topological polar surface area (TPSA) is 46.3 Å². The van der Waals surface area contributed by atoms with E-state index in [1.54, 1.807) is 19.0 Å². The second-order valence-electron chi connectivity index (χ2n) is 3.19. The van der Waals surface area contributed by atoms with E-state index in [9.17, 15) is 9.18 Å². The molecule has 14 heavy (non-hydrogen) atoms. The SMILES string of the molecule is CN(C)c1cc(C(=O)CN)ccc1F. The van der Waals surface area contributed by atoms with Gasteiger partial charge in [0.25, 0.3) is 0 Å². The van der Waals surface area contributed by atoms with Crippen molar-refractivity contribution in [2.24, 2.45) is 5.73 Å². The van der Waals surface area contributed by atoms with Crippen LogP contribution in [0.1, 0.15) is 10.4 Å². The molecule has 3 nitrogen and oxygen atoms in total. The summed E-state index contributed by atoms with van der Waals surface area (Å²) >= 11 is 0. The molecule has 1 aromatic rings. The van der Waals surface area contributed by atoms with Crippen LogP contribution < -0.4 is 10.6 Å². The number of hydrogen-bond donors (Lipinski definition) is 1. The van der Waals surface area contributed by atoms with Crippen molar-refractivity contribution in [3.63, 3.8) is 0 Å². The standard InChI is InChI=1S/C10H13FN2O/c1-13(2)9-5-7(10(14)6-12)3-4-8(9)11/h3-5H,6,12H2,1-2H3. The summed E-state index contributed by atoms with van der Waals surface area (Å²) in [6, 6.07) is 4.22. The summed E-state index contributed by atoms with van der Waals surface area (Å²) in [5, 5.41) is 0. The summed E-state index contributed by atoms with van der Waals surface area (Å²) in [6.45, 7) is -0.0570. The van der Waals surface area contributed by atoms with Gasteiger partial charge in [0, 0.05) is 19.7 Å². The lowest BCUT2D eigenvalue weighted by Crippen LogP contribution is -2.16. The predicted molar refractivity (Wildman–Crippen MR) is 54.1 cm³/mol. The number of anilines is 1. The first-order valence-electron chi connectivity index (χ1n) is 4.26. The predicted octanol–water partition coefficient (Wildman–Crippen LogP) is 1.03. The Morgan fingerprint density at radius 1 is 1.50 bits per heavy atom. The summed E-state index contributed by atoms with van der Waals surface area (Å²) in [4.78, 5) is 12.8. The van der Waals surface area contributed by atoms with Crippen molar-refractivity contribution >= 4 is 11.5 Å². The average Bonchev–Trinajstić information content (AvgIpc) is 2.17. The van der Waals surface area contributed by atoms with Crippen LogP contribution in [0.4, 0.5) is 10.1 Å². The number of halogens is 1. The molecule has 0 aliphatic heterocycles. The highest BCUT2D eigenvalue weighted by atomic mass is 19.1. The van der Waals surface area contributed by atoms with Gasteiger partial charge >= 0.3 is 0 Å². The van der Waals surface area contributed by atoms with E-state index in [1.165, 1.54) is 18.2 Å². The third kappa shape index (κ3) is 2.09. The van der Waals surface area contributed by atoms with Crippen molar-refractivity contribution in [2.75, 3.05) is 25.5 Å². The van der Waals surface area contributed by atoms with E-state index < -0.39 is 0 Å². The molecule has 4 heteroatoms. The second kappa shape index (κ2) is 4.19. The maximum Gasteiger partial charge on any atom is 0.176 e. The number of nitrogens with zero attached hydrogens (tertiary/aromatic N) is 1. The molecule has 0 unspecified atom stereocenters. The molecule has 0 spiro atoms. The van der Waals surface area contributed by atoms with E-state index in [4.69, 9.17) is 5.73 Å². The quantitative estimate of drug-likeness (QED) is 0.734. The highest BCUT2D eigenvalue weighted by Gasteiger charge is 2.09. The Balaban J connectivity index is 3.13. The van der Waals surface area contributed by atoms with E-state index in [2.05, 4.69) is 0 Å². The van der Waals surface area contributed by atoms with Gasteiger partial charge in [0.1, 0.15) is 5.82 Å². The van der Waals surface area contributed by atoms with Gasteiger partial charge in [0.05, 0.1) is 12.2 Å². The van der Waals surface area contributed by atoms with Crippen molar-refractivity contribution in [3.05, 3.63) is 29.6 Å². The molecule has 0 amide bonds. The van der Waals surface area contributed by atoms with Gasteiger partial charge in [-0.25, -0.2) is 4.39 Å². The fraction of sp³-hybridized carbons (Fsp3) is 0.300. The molecule has 1 aromatic carbocycles. The molecule has 0 saturated heterocycles. The smallest absolute Gasteiger partial charge is 0.176 e. The largest absolute Gasteiger partial charge is 0.375 e. The Labute approximate surface area is 82.3 Å². The van der Waals surface area contributed by atoms with Gasteiger partial charge in [0.2, 0.25) is 0 Å². The molecule has 0 atom stereocenters. The van der Waals surface area contributed by atoms with Crippen molar-refractivity contribution < 1.29 is 9.18 Å². The third-order valence-electron chi connectivity index (χ3n) is 1.94. The third-order valence-corrected chi connectivity index (χ3v) is 1.94. The van der Waals surface area contributed by atoms with Crippen LogP contribution in [-0.2, 0) is 0 Å². The zero-order valence-electron chi connectivity index (χ0n) is 8.25. The average molecular weight is 196 g/mol. The second-order valence-corrected chi connectivity index (χ2v) is 3.19. The summed E-state index contributed by atoms with van der Waals surface area (Å²) < 4.78 is 13.2. The van der Waals surface area contributed by atoms with Gasteiger partial charge < -0.3 is 10.6 Å². The Bertz CT molecular complexity index is 350. The Morgan fingerprint density at radius 2 is 2.14 bits per heavy atom. The van der Waals surface area contributed by atoms with Crippen LogP contribution in [0.15, 0.2) is 18.2 Å². The minimum absolute atomic E-state index is 0.0570. The summed E-state index contributed by atoms with van der Waals surface area (Å²) in [5.74, 6) is -0.531. The molecule has 1 rings (SSSR count). The lowest BCUT2D eigenvalue weighted by Gasteiger charge is -2.14. The van der Waals surface area contributed by atoms with Crippen LogP contribution >= 0.6 is 0 Å². The minimum atomic E-state index is -0.344. The maximum atomic E-state index is 13.2. The van der Waals surface area contributed by atoms with Crippen molar-refractivity contribution in [1.29, 1.82) is 0 Å². The normalized spacial score (nSPS) is 10.0. The molecule has 0 aliphatic carbocycles. The van der Waals surface area contributed by atoms with Crippen molar-refractivity contribution in [1.82, 2.24) is 0 Å². The highest BCUT2D eigenvalue weighted by Crippen LogP contribution is 2.18. The molecule has 0 heterocycles. The van der Waals surface area contributed by atoms with Crippen LogP contribution in [0.5, 0.6) is 0 Å². The number of ketones is 1. The zero-order valence-corrected chi connectivity index (χ0v) is 8.25. The van der Waals surface area contributed by atoms with Gasteiger partial charge in [-0.3, -0.25) is 4.79 Å². The summed E-state index contributed by atoms with van der Waals surface area (Å²) in [5.41, 5.74) is 6.05. The van der Waals surface area contributed by atoms with E-state index >= 15 is 0 Å². The van der Waals surface area contributed by atoms with Gasteiger partial charge in [-0.15, -0.1) is 0 Å². The molecular weight excluding hydrogens is 183 g/mol. The van der Waals surface area contributed by atoms with E-state index in [1.807, 2.05) is 0 Å². The molecule has 0 saturated carbocycles. The number of hydrogen-bond acceptors (Lipinski definition) is 3. The van der Waals surface area contributed by atoms with Gasteiger partial charge in [-0.1, -0.05) is 0 Å². The van der Waals surface area contributed by atoms with Crippen LogP contribution in [-0.4, -0.2) is 26.4 Å². The van der Waals surface area contributed by atoms with Gasteiger partial charge in [0.15, 0.2) is 5.78 Å². The molecule has 0 aromatic heterocycles. The molecule has 0 fully saturated rings. The van der Waals surface area contributed by atoms with Crippen molar-refractivity contribution in [3.8, 4) is 0 Å². The molecule has 0 bridgehead atoms. The fourth-order valence-electron chi connectivity index (χ4n) is 1.15. The number of benzene rings is 1. The van der Waals surface area contributed by atoms with Crippen molar-refractivity contribution in [2.45, 2.75) is 0 Å². The number of rotatable bonds is 3.